The van der Waals surface area contributed by atoms with Crippen LogP contribution in [0.1, 0.15) is 151 Å². The first kappa shape index (κ1) is 54.4. The quantitative estimate of drug-likeness (QED) is 0.0242. The second-order valence-electron chi connectivity index (χ2n) is 16.6. The Morgan fingerprint density at radius 3 is 1.42 bits per heavy atom. The smallest absolute Gasteiger partial charge is 0.343 e. The summed E-state index contributed by atoms with van der Waals surface area (Å²) in [6, 6.07) is 19.0. The Bertz CT molecular complexity index is 1920. The van der Waals surface area contributed by atoms with Crippen molar-refractivity contribution >= 4 is 29.7 Å². The van der Waals surface area contributed by atoms with Crippen LogP contribution in [0, 0.1) is 0 Å². The number of Topliss-reactive ketones (excluding diaryl/α,β-unsaturated/α-hetero) is 1. The van der Waals surface area contributed by atoms with Gasteiger partial charge in [-0.05, 0) is 157 Å². The maximum Gasteiger partial charge on any atom is 0.343 e. The average Bonchev–Trinajstić information content (AvgIpc) is 3.25. The van der Waals surface area contributed by atoms with Crippen LogP contribution < -0.4 is 18.9 Å². The van der Waals surface area contributed by atoms with Crippen molar-refractivity contribution in [1.29, 1.82) is 0 Å². The monoisotopic (exact) mass is 886 g/mol. The molecule has 12 nitrogen and oxygen atoms in total. The Balaban J connectivity index is 0.000000537. The number of aliphatic hydroxyl groups excluding tert-OH is 1. The Hall–Kier alpha value is -5.75. The largest absolute Gasteiger partial charge is 0.494 e. The molecule has 0 aliphatic heterocycles. The van der Waals surface area contributed by atoms with Crippen LogP contribution in [0.5, 0.6) is 23.0 Å². The van der Waals surface area contributed by atoms with Crippen molar-refractivity contribution in [2.45, 2.75) is 130 Å². The molecule has 64 heavy (non-hydrogen) atoms. The Labute approximate surface area is 380 Å². The molecule has 12 heteroatoms. The van der Waals surface area contributed by atoms with E-state index in [2.05, 4.69) is 13.2 Å². The molecule has 0 radical (unpaired) electrons. The van der Waals surface area contributed by atoms with Gasteiger partial charge >= 0.3 is 23.9 Å². The maximum atomic E-state index is 12.8. The first-order chi connectivity index (χ1) is 30.5. The van der Waals surface area contributed by atoms with Gasteiger partial charge in [-0.25, -0.2) is 14.4 Å². The second-order valence-corrected chi connectivity index (χ2v) is 16.6. The number of hydrogen-bond donors (Lipinski definition) is 1. The summed E-state index contributed by atoms with van der Waals surface area (Å²) in [5, 5.41) is 8.87. The van der Waals surface area contributed by atoms with Crippen molar-refractivity contribution in [1.82, 2.24) is 0 Å². The SMILES string of the molecule is C=C(C)C(=O)OCCCCCCOc1ccc(C(=O)Oc2ccc(OC(=O)CCCCCCO)c(C(C)(C)C)c2)cc1.C=C(C)C(=O)OCCCCCCOc1ccc(C(C)=O)cc1. The van der Waals surface area contributed by atoms with Gasteiger partial charge in [0.25, 0.3) is 0 Å². The zero-order chi connectivity index (χ0) is 47.3. The van der Waals surface area contributed by atoms with Crippen LogP contribution in [0.2, 0.25) is 0 Å². The molecular formula is C52H70O12. The number of ether oxygens (including phenoxy) is 6. The first-order valence-electron chi connectivity index (χ1n) is 22.3. The minimum Gasteiger partial charge on any atom is -0.494 e. The Morgan fingerprint density at radius 1 is 0.531 bits per heavy atom. The van der Waals surface area contributed by atoms with Crippen LogP contribution in [0.15, 0.2) is 91.0 Å². The first-order valence-corrected chi connectivity index (χ1v) is 22.3. The average molecular weight is 887 g/mol. The molecule has 0 fully saturated rings. The van der Waals surface area contributed by atoms with Gasteiger partial charge in [-0.3, -0.25) is 9.59 Å². The third kappa shape index (κ3) is 23.1. The normalized spacial score (nSPS) is 10.7. The van der Waals surface area contributed by atoms with Crippen LogP contribution in [-0.2, 0) is 29.3 Å². The lowest BCUT2D eigenvalue weighted by molar-refractivity contribution is -0.139. The Morgan fingerprint density at radius 2 is 0.969 bits per heavy atom. The van der Waals surface area contributed by atoms with Crippen LogP contribution in [-0.4, -0.2) is 67.8 Å². The predicted molar refractivity (Wildman–Crippen MR) is 248 cm³/mol. The molecule has 0 atom stereocenters. The van der Waals surface area contributed by atoms with Gasteiger partial charge in [-0.15, -0.1) is 0 Å². The van der Waals surface area contributed by atoms with Gasteiger partial charge in [-0.2, -0.15) is 0 Å². The number of carbonyl (C=O) groups is 5. The van der Waals surface area contributed by atoms with E-state index in [1.807, 2.05) is 32.9 Å². The van der Waals surface area contributed by atoms with Crippen LogP contribution >= 0.6 is 0 Å². The van der Waals surface area contributed by atoms with Gasteiger partial charge in [0.2, 0.25) is 0 Å². The lowest BCUT2D eigenvalue weighted by Crippen LogP contribution is -2.17. The molecule has 350 valence electrons. The molecular weight excluding hydrogens is 817 g/mol. The summed E-state index contributed by atoms with van der Waals surface area (Å²) in [6.45, 7) is 20.1. The number of ketones is 1. The third-order valence-corrected chi connectivity index (χ3v) is 9.61. The van der Waals surface area contributed by atoms with E-state index >= 15 is 0 Å². The van der Waals surface area contributed by atoms with Gasteiger partial charge in [0, 0.05) is 35.3 Å². The fourth-order valence-corrected chi connectivity index (χ4v) is 5.87. The Kier molecular flexibility index (Phi) is 25.8. The van der Waals surface area contributed by atoms with Crippen molar-refractivity contribution < 1.29 is 57.5 Å². The molecule has 3 aromatic carbocycles. The lowest BCUT2D eigenvalue weighted by atomic mass is 9.86. The van der Waals surface area contributed by atoms with E-state index in [0.29, 0.717) is 78.8 Å². The highest BCUT2D eigenvalue weighted by Crippen LogP contribution is 2.35. The molecule has 3 aromatic rings. The molecule has 0 saturated carbocycles. The van der Waals surface area contributed by atoms with Crippen molar-refractivity contribution in [2.24, 2.45) is 0 Å². The summed E-state index contributed by atoms with van der Waals surface area (Å²) in [5.74, 6) is 0.834. The number of benzene rings is 3. The molecule has 0 bridgehead atoms. The van der Waals surface area contributed by atoms with Crippen molar-refractivity contribution in [3.63, 3.8) is 0 Å². The van der Waals surface area contributed by atoms with E-state index in [4.69, 9.17) is 33.5 Å². The fraction of sp³-hybridized carbons (Fsp3) is 0.481. The van der Waals surface area contributed by atoms with Crippen molar-refractivity contribution in [2.75, 3.05) is 33.0 Å². The van der Waals surface area contributed by atoms with E-state index in [1.165, 1.54) is 0 Å². The summed E-state index contributed by atoms with van der Waals surface area (Å²) < 4.78 is 32.8. The van der Waals surface area contributed by atoms with E-state index in [0.717, 1.165) is 81.9 Å². The fourth-order valence-electron chi connectivity index (χ4n) is 5.87. The number of esters is 4. The van der Waals surface area contributed by atoms with Crippen molar-refractivity contribution in [3.05, 3.63) is 108 Å². The molecule has 0 unspecified atom stereocenters. The summed E-state index contributed by atoms with van der Waals surface area (Å²) in [5.41, 5.74) is 2.33. The number of rotatable bonds is 28. The van der Waals surface area contributed by atoms with E-state index < -0.39 is 5.97 Å². The minimum absolute atomic E-state index is 0.0545. The highest BCUT2D eigenvalue weighted by molar-refractivity contribution is 5.94. The van der Waals surface area contributed by atoms with Crippen molar-refractivity contribution in [3.8, 4) is 23.0 Å². The van der Waals surface area contributed by atoms with E-state index in [9.17, 15) is 24.0 Å². The van der Waals surface area contributed by atoms with Gasteiger partial charge < -0.3 is 33.5 Å². The van der Waals surface area contributed by atoms with Crippen LogP contribution in [0.25, 0.3) is 0 Å². The van der Waals surface area contributed by atoms with E-state index in [-0.39, 0.29) is 35.7 Å². The number of unbranched alkanes of at least 4 members (excludes halogenated alkanes) is 9. The van der Waals surface area contributed by atoms with Gasteiger partial charge in [-0.1, -0.05) is 46.8 Å². The van der Waals surface area contributed by atoms with Crippen LogP contribution in [0.3, 0.4) is 0 Å². The zero-order valence-electron chi connectivity index (χ0n) is 38.9. The summed E-state index contributed by atoms with van der Waals surface area (Å²) in [6.07, 6.45) is 10.9. The van der Waals surface area contributed by atoms with E-state index in [1.54, 1.807) is 75.4 Å². The number of carbonyl (C=O) groups excluding carboxylic acids is 5. The number of hydrogen-bond acceptors (Lipinski definition) is 12. The molecule has 0 aliphatic rings. The zero-order valence-corrected chi connectivity index (χ0v) is 38.9. The summed E-state index contributed by atoms with van der Waals surface area (Å²) in [7, 11) is 0. The summed E-state index contributed by atoms with van der Waals surface area (Å²) in [4.78, 5) is 58.8. The molecule has 3 rings (SSSR count). The molecule has 0 saturated heterocycles. The molecule has 1 N–H and O–H groups in total. The molecule has 0 aromatic heterocycles. The highest BCUT2D eigenvalue weighted by Gasteiger charge is 2.23. The lowest BCUT2D eigenvalue weighted by Gasteiger charge is -2.23. The molecule has 0 amide bonds. The maximum absolute atomic E-state index is 12.8. The molecule has 0 aliphatic carbocycles. The third-order valence-electron chi connectivity index (χ3n) is 9.61. The standard InChI is InChI=1S/C34H46O8.C18H24O4/c1-25(2)32(37)40-23-13-9-8-12-22-39-27-17-15-26(16-18-27)33(38)41-28-19-20-30(29(24-28)34(3,4)5)42-31(36)14-10-6-7-11-21-35;1-14(2)18(20)22-13-7-5-4-6-12-21-17-10-8-16(9-11-17)15(3)19/h15-20,24,35H,1,6-14,21-23H2,2-5H3;8-11H,1,4-7,12-13H2,2-3H3. The van der Waals surface area contributed by atoms with Gasteiger partial charge in [0.05, 0.1) is 32.0 Å². The second kappa shape index (κ2) is 30.4. The highest BCUT2D eigenvalue weighted by atomic mass is 16.5. The minimum atomic E-state index is -0.499. The predicted octanol–water partition coefficient (Wildman–Crippen LogP) is 11.1. The van der Waals surface area contributed by atoms with Gasteiger partial charge in [0.15, 0.2) is 5.78 Å². The molecule has 0 spiro atoms. The molecule has 0 heterocycles. The van der Waals surface area contributed by atoms with Gasteiger partial charge in [0.1, 0.15) is 23.0 Å². The summed E-state index contributed by atoms with van der Waals surface area (Å²) >= 11 is 0. The topological polar surface area (TPSA) is 161 Å². The number of aliphatic hydroxyl groups is 1. The van der Waals surface area contributed by atoms with Crippen LogP contribution in [0.4, 0.5) is 0 Å².